The maximum atomic E-state index is 12.3. The van der Waals surface area contributed by atoms with E-state index in [4.69, 9.17) is 17.0 Å². The molecule has 0 radical (unpaired) electrons. The first-order valence-electron chi connectivity index (χ1n) is 12.4. The van der Waals surface area contributed by atoms with Crippen LogP contribution in [0.4, 0.5) is 5.69 Å². The zero-order valence-corrected chi connectivity index (χ0v) is 23.5. The van der Waals surface area contributed by atoms with Gasteiger partial charge < -0.3 is 15.2 Å². The number of allylic oxidation sites excluding steroid dienone is 1. The minimum Gasteiger partial charge on any atom is -0.395 e. The molecule has 1 aromatic rings. The Morgan fingerprint density at radius 1 is 1.21 bits per heavy atom. The molecular weight excluding hydrogens is 454 g/mol. The first-order valence-corrected chi connectivity index (χ1v) is 13.8. The molecular formula is C25H47N3O3S2. The molecule has 1 atom stereocenters. The Hall–Kier alpha value is -1.09. The van der Waals surface area contributed by atoms with E-state index in [0.717, 1.165) is 67.0 Å². The highest BCUT2D eigenvalue weighted by molar-refractivity contribution is 8.03. The van der Waals surface area contributed by atoms with Crippen LogP contribution < -0.4 is 11.0 Å². The van der Waals surface area contributed by atoms with E-state index in [9.17, 15) is 9.90 Å². The van der Waals surface area contributed by atoms with Gasteiger partial charge in [0.05, 0.1) is 23.9 Å². The Balaban J connectivity index is 0.000000861. The maximum Gasteiger partial charge on any atom is 0.329 e. The van der Waals surface area contributed by atoms with Crippen molar-refractivity contribution >= 4 is 29.7 Å². The molecule has 0 aliphatic heterocycles. The Kier molecular flexibility index (Phi) is 18.6. The molecule has 1 rings (SSSR count). The standard InChI is InChI=1S/C16H27N3O2S2.C9H20O/c1-5-7-8-13(23-11-6-2)17-14-12(3)19(9-10-20)16(21)18(4)15(14)22;1-4-7-10-8-6-9(3)5-2/h8,17,20H,5-7,9-11H2,1-4H3;9H,4-8H2,1-3H3/b13-8-;. The van der Waals surface area contributed by atoms with Crippen LogP contribution in [0.5, 0.6) is 0 Å². The molecule has 0 spiro atoms. The molecule has 0 saturated carbocycles. The first kappa shape index (κ1) is 31.9. The maximum absolute atomic E-state index is 12.3. The van der Waals surface area contributed by atoms with Crippen LogP contribution in [0.15, 0.2) is 15.9 Å². The normalized spacial score (nSPS) is 12.3. The number of aliphatic hydroxyl groups excluding tert-OH is 1. The summed E-state index contributed by atoms with van der Waals surface area (Å²) in [5.41, 5.74) is 1.32. The average Bonchev–Trinajstić information content (AvgIpc) is 2.82. The molecule has 2 N–H and O–H groups in total. The highest BCUT2D eigenvalue weighted by Gasteiger charge is 2.13. The fourth-order valence-corrected chi connectivity index (χ4v) is 3.98. The van der Waals surface area contributed by atoms with Gasteiger partial charge in [-0.1, -0.05) is 65.8 Å². The monoisotopic (exact) mass is 501 g/mol. The highest BCUT2D eigenvalue weighted by Crippen LogP contribution is 2.24. The molecule has 0 aromatic carbocycles. The third kappa shape index (κ3) is 12.3. The molecule has 6 nitrogen and oxygen atoms in total. The van der Waals surface area contributed by atoms with Crippen LogP contribution >= 0.6 is 24.0 Å². The van der Waals surface area contributed by atoms with Gasteiger partial charge >= 0.3 is 5.69 Å². The van der Waals surface area contributed by atoms with E-state index in [1.54, 1.807) is 23.4 Å². The Bertz CT molecular complexity index is 803. The van der Waals surface area contributed by atoms with Crippen LogP contribution in [-0.4, -0.2) is 39.8 Å². The number of anilines is 1. The molecule has 192 valence electrons. The minimum absolute atomic E-state index is 0.0833. The Labute approximate surface area is 210 Å². The lowest BCUT2D eigenvalue weighted by Crippen LogP contribution is -2.33. The van der Waals surface area contributed by atoms with Crippen molar-refractivity contribution in [2.24, 2.45) is 13.0 Å². The summed E-state index contributed by atoms with van der Waals surface area (Å²) in [4.78, 5) is 12.3. The van der Waals surface area contributed by atoms with Crippen molar-refractivity contribution in [3.05, 3.63) is 31.9 Å². The summed E-state index contributed by atoms with van der Waals surface area (Å²) in [7, 11) is 1.66. The summed E-state index contributed by atoms with van der Waals surface area (Å²) >= 11 is 7.20. The van der Waals surface area contributed by atoms with E-state index in [2.05, 4.69) is 46.0 Å². The van der Waals surface area contributed by atoms with Gasteiger partial charge in [0.15, 0.2) is 0 Å². The SMILES string of the molecule is CCC/C=C(/Nc1c(C)n(CCO)c(=O)n(C)c1=S)SCCC.CCCOCCC(C)CC. The van der Waals surface area contributed by atoms with Gasteiger partial charge in [-0.05, 0) is 44.3 Å². The molecule has 0 fully saturated rings. The number of rotatable bonds is 15. The van der Waals surface area contributed by atoms with Crippen molar-refractivity contribution < 1.29 is 9.84 Å². The number of nitrogens with zero attached hydrogens (tertiary/aromatic N) is 2. The first-order chi connectivity index (χ1) is 15.8. The zero-order valence-electron chi connectivity index (χ0n) is 21.9. The highest BCUT2D eigenvalue weighted by atomic mass is 32.2. The van der Waals surface area contributed by atoms with Crippen LogP contribution in [0.2, 0.25) is 0 Å². The molecule has 8 heteroatoms. The molecule has 1 aromatic heterocycles. The predicted octanol–water partition coefficient (Wildman–Crippen LogP) is 6.26. The molecule has 0 bridgehead atoms. The Morgan fingerprint density at radius 3 is 2.45 bits per heavy atom. The number of aliphatic hydroxyl groups is 1. The topological polar surface area (TPSA) is 68.4 Å². The molecule has 1 unspecified atom stereocenters. The summed E-state index contributed by atoms with van der Waals surface area (Å²) in [6.07, 6.45) is 8.97. The molecule has 33 heavy (non-hydrogen) atoms. The van der Waals surface area contributed by atoms with E-state index in [-0.39, 0.29) is 18.8 Å². The van der Waals surface area contributed by atoms with E-state index in [0.29, 0.717) is 4.64 Å². The van der Waals surface area contributed by atoms with Gasteiger partial charge in [0.2, 0.25) is 0 Å². The van der Waals surface area contributed by atoms with E-state index in [1.165, 1.54) is 17.4 Å². The summed E-state index contributed by atoms with van der Waals surface area (Å²) < 4.78 is 8.84. The van der Waals surface area contributed by atoms with Gasteiger partial charge in [-0.25, -0.2) is 4.79 Å². The average molecular weight is 502 g/mol. The van der Waals surface area contributed by atoms with E-state index in [1.807, 2.05) is 6.92 Å². The molecule has 0 saturated heterocycles. The second kappa shape index (κ2) is 19.2. The smallest absolute Gasteiger partial charge is 0.329 e. The van der Waals surface area contributed by atoms with Gasteiger partial charge in [-0.2, -0.15) is 0 Å². The number of nitrogens with one attached hydrogen (secondary N) is 1. The molecule has 1 heterocycles. The van der Waals surface area contributed by atoms with Crippen molar-refractivity contribution in [1.29, 1.82) is 0 Å². The largest absolute Gasteiger partial charge is 0.395 e. The van der Waals surface area contributed by atoms with E-state index >= 15 is 0 Å². The number of unbranched alkanes of at least 4 members (excludes halogenated alkanes) is 1. The second-order valence-electron chi connectivity index (χ2n) is 8.23. The molecule has 0 aliphatic carbocycles. The van der Waals surface area contributed by atoms with Crippen molar-refractivity contribution in [1.82, 2.24) is 9.13 Å². The van der Waals surface area contributed by atoms with Crippen LogP contribution in [0.25, 0.3) is 0 Å². The van der Waals surface area contributed by atoms with Crippen molar-refractivity contribution in [3.63, 3.8) is 0 Å². The number of aromatic nitrogens is 2. The summed E-state index contributed by atoms with van der Waals surface area (Å²) in [5.74, 6) is 1.85. The second-order valence-corrected chi connectivity index (χ2v) is 9.75. The number of hydrogen-bond acceptors (Lipinski definition) is 6. The number of thioether (sulfide) groups is 1. The lowest BCUT2D eigenvalue weighted by Gasteiger charge is -2.18. The summed E-state index contributed by atoms with van der Waals surface area (Å²) in [6, 6.07) is 0. The van der Waals surface area contributed by atoms with Crippen LogP contribution in [0.1, 0.15) is 78.8 Å². The van der Waals surface area contributed by atoms with Gasteiger partial charge in [0, 0.05) is 26.0 Å². The van der Waals surface area contributed by atoms with Gasteiger partial charge in [-0.15, -0.1) is 11.8 Å². The van der Waals surface area contributed by atoms with Gasteiger partial charge in [-0.3, -0.25) is 9.13 Å². The number of hydrogen-bond donors (Lipinski definition) is 2. The lowest BCUT2D eigenvalue weighted by atomic mass is 10.1. The van der Waals surface area contributed by atoms with E-state index < -0.39 is 0 Å². The van der Waals surface area contributed by atoms with Crippen LogP contribution in [0, 0.1) is 17.5 Å². The minimum atomic E-state index is -0.201. The van der Waals surface area contributed by atoms with Crippen LogP contribution in [-0.2, 0) is 18.3 Å². The van der Waals surface area contributed by atoms with Crippen molar-refractivity contribution in [2.75, 3.05) is 30.9 Å². The zero-order chi connectivity index (χ0) is 25.2. The fourth-order valence-electron chi connectivity index (χ4n) is 2.87. The van der Waals surface area contributed by atoms with Crippen molar-refractivity contribution in [2.45, 2.75) is 86.6 Å². The predicted molar refractivity (Wildman–Crippen MR) is 147 cm³/mol. The number of ether oxygens (including phenoxy) is 1. The van der Waals surface area contributed by atoms with Gasteiger partial charge in [0.25, 0.3) is 0 Å². The summed E-state index contributed by atoms with van der Waals surface area (Å²) in [5, 5.41) is 13.7. The quantitative estimate of drug-likeness (QED) is 0.218. The third-order valence-electron chi connectivity index (χ3n) is 5.26. The Morgan fingerprint density at radius 2 is 1.91 bits per heavy atom. The van der Waals surface area contributed by atoms with Crippen LogP contribution in [0.3, 0.4) is 0 Å². The fraction of sp³-hybridized carbons (Fsp3) is 0.760. The third-order valence-corrected chi connectivity index (χ3v) is 6.93. The molecule has 0 amide bonds. The molecule has 0 aliphatic rings. The van der Waals surface area contributed by atoms with Crippen molar-refractivity contribution in [3.8, 4) is 0 Å². The summed E-state index contributed by atoms with van der Waals surface area (Å²) in [6.45, 7) is 14.8. The lowest BCUT2D eigenvalue weighted by molar-refractivity contribution is 0.122. The van der Waals surface area contributed by atoms with Gasteiger partial charge in [0.1, 0.15) is 4.64 Å².